The second-order valence-electron chi connectivity index (χ2n) is 6.51. The molecular weight excluding hydrogens is 378 g/mol. The van der Waals surface area contributed by atoms with Crippen LogP contribution in [0.1, 0.15) is 40.7 Å². The fourth-order valence-corrected chi connectivity index (χ4v) is 4.27. The molecular formula is C20H20BrN3O. The van der Waals surface area contributed by atoms with Crippen LogP contribution in [-0.4, -0.2) is 21.8 Å². The minimum atomic E-state index is 0.0361. The van der Waals surface area contributed by atoms with Gasteiger partial charge in [0.25, 0.3) is 5.91 Å². The van der Waals surface area contributed by atoms with Crippen molar-refractivity contribution in [1.82, 2.24) is 9.38 Å². The highest BCUT2D eigenvalue weighted by atomic mass is 79.9. The molecule has 5 heteroatoms. The average molecular weight is 398 g/mol. The molecule has 1 aromatic carbocycles. The van der Waals surface area contributed by atoms with Crippen molar-refractivity contribution in [2.45, 2.75) is 33.1 Å². The van der Waals surface area contributed by atoms with Gasteiger partial charge in [-0.1, -0.05) is 25.1 Å². The molecule has 0 bridgehead atoms. The largest absolute Gasteiger partial charge is 0.307 e. The molecule has 25 heavy (non-hydrogen) atoms. The van der Waals surface area contributed by atoms with Gasteiger partial charge in [-0.15, -0.1) is 0 Å². The normalized spacial score (nSPS) is 14.0. The number of hydrogen-bond donors (Lipinski definition) is 0. The number of carbonyl (C=O) groups is 1. The van der Waals surface area contributed by atoms with Crippen molar-refractivity contribution in [2.75, 3.05) is 11.4 Å². The third-order valence-corrected chi connectivity index (χ3v) is 5.36. The summed E-state index contributed by atoms with van der Waals surface area (Å²) >= 11 is 3.59. The summed E-state index contributed by atoms with van der Waals surface area (Å²) in [5.74, 6) is 0.0361. The Kier molecular flexibility index (Phi) is 4.12. The molecule has 3 heterocycles. The molecule has 1 aliphatic heterocycles. The highest BCUT2D eigenvalue weighted by Gasteiger charge is 2.28. The first-order valence-electron chi connectivity index (χ1n) is 8.67. The smallest absolute Gasteiger partial charge is 0.277 e. The molecule has 0 atom stereocenters. The predicted molar refractivity (Wildman–Crippen MR) is 103 cm³/mol. The molecule has 0 unspecified atom stereocenters. The lowest BCUT2D eigenvalue weighted by Gasteiger charge is -2.29. The van der Waals surface area contributed by atoms with Crippen LogP contribution in [0.25, 0.3) is 5.65 Å². The van der Waals surface area contributed by atoms with Crippen LogP contribution in [0.4, 0.5) is 5.69 Å². The Morgan fingerprint density at radius 1 is 1.32 bits per heavy atom. The van der Waals surface area contributed by atoms with Gasteiger partial charge in [-0.25, -0.2) is 4.98 Å². The van der Waals surface area contributed by atoms with Gasteiger partial charge in [0.05, 0.1) is 10.2 Å². The molecule has 0 saturated carbocycles. The fourth-order valence-electron chi connectivity index (χ4n) is 3.62. The van der Waals surface area contributed by atoms with E-state index >= 15 is 0 Å². The standard InChI is InChI=1S/C20H20BrN3O/c1-3-16-18(24-12-13(2)11-15(21)19(24)22-16)20(25)23-10-6-8-14-7-4-5-9-17(14)23/h4-5,7,9,11-12H,3,6,8,10H2,1-2H3. The van der Waals surface area contributed by atoms with Crippen LogP contribution in [-0.2, 0) is 12.8 Å². The van der Waals surface area contributed by atoms with Gasteiger partial charge in [0.2, 0.25) is 0 Å². The third-order valence-electron chi connectivity index (χ3n) is 4.78. The molecule has 0 fully saturated rings. The first-order chi connectivity index (χ1) is 12.1. The van der Waals surface area contributed by atoms with Crippen LogP contribution in [0.2, 0.25) is 0 Å². The van der Waals surface area contributed by atoms with Crippen molar-refractivity contribution >= 4 is 33.2 Å². The average Bonchev–Trinajstić information content (AvgIpc) is 2.99. The maximum atomic E-state index is 13.5. The summed E-state index contributed by atoms with van der Waals surface area (Å²) in [4.78, 5) is 20.1. The lowest BCUT2D eigenvalue weighted by atomic mass is 10.0. The SMILES string of the molecule is CCc1nc2c(Br)cc(C)cn2c1C(=O)N1CCCc2ccccc21. The number of imidazole rings is 1. The van der Waals surface area contributed by atoms with Gasteiger partial charge in [0.15, 0.2) is 5.65 Å². The number of nitrogens with zero attached hydrogens (tertiary/aromatic N) is 3. The van der Waals surface area contributed by atoms with Gasteiger partial charge >= 0.3 is 0 Å². The summed E-state index contributed by atoms with van der Waals surface area (Å²) < 4.78 is 2.86. The molecule has 0 radical (unpaired) electrons. The van der Waals surface area contributed by atoms with Crippen LogP contribution in [0.5, 0.6) is 0 Å². The summed E-state index contributed by atoms with van der Waals surface area (Å²) in [7, 11) is 0. The Bertz CT molecular complexity index is 976. The van der Waals surface area contributed by atoms with E-state index in [-0.39, 0.29) is 5.91 Å². The maximum absolute atomic E-state index is 13.5. The van der Waals surface area contributed by atoms with E-state index in [1.54, 1.807) is 0 Å². The Morgan fingerprint density at radius 2 is 2.12 bits per heavy atom. The van der Waals surface area contributed by atoms with E-state index in [1.807, 2.05) is 53.6 Å². The zero-order chi connectivity index (χ0) is 17.6. The molecule has 0 spiro atoms. The van der Waals surface area contributed by atoms with E-state index in [1.165, 1.54) is 5.56 Å². The predicted octanol–water partition coefficient (Wildman–Crippen LogP) is 4.56. The number of aromatic nitrogens is 2. The van der Waals surface area contributed by atoms with E-state index in [0.29, 0.717) is 5.69 Å². The topological polar surface area (TPSA) is 37.6 Å². The molecule has 4 nitrogen and oxygen atoms in total. The van der Waals surface area contributed by atoms with Gasteiger partial charge < -0.3 is 4.90 Å². The number of anilines is 1. The summed E-state index contributed by atoms with van der Waals surface area (Å²) in [6.07, 6.45) is 4.74. The summed E-state index contributed by atoms with van der Waals surface area (Å²) in [6.45, 7) is 4.82. The van der Waals surface area contributed by atoms with Crippen molar-refractivity contribution in [1.29, 1.82) is 0 Å². The monoisotopic (exact) mass is 397 g/mol. The highest BCUT2D eigenvalue weighted by Crippen LogP contribution is 2.30. The number of amides is 1. The fraction of sp³-hybridized carbons (Fsp3) is 0.300. The number of halogens is 1. The van der Waals surface area contributed by atoms with Crippen LogP contribution >= 0.6 is 15.9 Å². The first kappa shape index (κ1) is 16.3. The van der Waals surface area contributed by atoms with E-state index in [4.69, 9.17) is 4.98 Å². The summed E-state index contributed by atoms with van der Waals surface area (Å²) in [5.41, 5.74) is 5.69. The Balaban J connectivity index is 1.89. The lowest BCUT2D eigenvalue weighted by Crippen LogP contribution is -2.36. The number of carbonyl (C=O) groups excluding carboxylic acids is 1. The van der Waals surface area contributed by atoms with Crippen molar-refractivity contribution in [2.24, 2.45) is 0 Å². The third kappa shape index (κ3) is 2.67. The Morgan fingerprint density at radius 3 is 2.92 bits per heavy atom. The number of benzene rings is 1. The minimum absolute atomic E-state index is 0.0361. The molecule has 0 saturated heterocycles. The van der Waals surface area contributed by atoms with Crippen LogP contribution in [0.3, 0.4) is 0 Å². The molecule has 0 aliphatic carbocycles. The Labute approximate surface area is 155 Å². The number of pyridine rings is 1. The van der Waals surface area contributed by atoms with Crippen LogP contribution < -0.4 is 4.90 Å². The van der Waals surface area contributed by atoms with E-state index in [9.17, 15) is 4.79 Å². The number of rotatable bonds is 2. The zero-order valence-electron chi connectivity index (χ0n) is 14.4. The van der Waals surface area contributed by atoms with Gasteiger partial charge in [0, 0.05) is 18.4 Å². The van der Waals surface area contributed by atoms with Gasteiger partial charge in [0.1, 0.15) is 5.69 Å². The summed E-state index contributed by atoms with van der Waals surface area (Å²) in [5, 5.41) is 0. The molecule has 3 aromatic rings. The van der Waals surface area contributed by atoms with Crippen molar-refractivity contribution in [3.8, 4) is 0 Å². The second kappa shape index (κ2) is 6.30. The van der Waals surface area contributed by atoms with Crippen molar-refractivity contribution in [3.05, 3.63) is 63.5 Å². The van der Waals surface area contributed by atoms with Crippen molar-refractivity contribution in [3.63, 3.8) is 0 Å². The van der Waals surface area contributed by atoms with Crippen LogP contribution in [0, 0.1) is 6.92 Å². The van der Waals surface area contributed by atoms with Crippen molar-refractivity contribution < 1.29 is 4.79 Å². The molecule has 2 aromatic heterocycles. The molecule has 0 N–H and O–H groups in total. The number of hydrogen-bond acceptors (Lipinski definition) is 2. The minimum Gasteiger partial charge on any atom is -0.307 e. The molecule has 1 amide bonds. The highest BCUT2D eigenvalue weighted by molar-refractivity contribution is 9.10. The quantitative estimate of drug-likeness (QED) is 0.635. The first-order valence-corrected chi connectivity index (χ1v) is 9.46. The second-order valence-corrected chi connectivity index (χ2v) is 7.36. The maximum Gasteiger partial charge on any atom is 0.277 e. The molecule has 4 rings (SSSR count). The number of aryl methyl sites for hydroxylation is 3. The van der Waals surface area contributed by atoms with E-state index in [2.05, 4.69) is 22.0 Å². The van der Waals surface area contributed by atoms with E-state index in [0.717, 1.165) is 52.9 Å². The van der Waals surface area contributed by atoms with Crippen LogP contribution in [0.15, 0.2) is 41.0 Å². The number of para-hydroxylation sites is 1. The Hall–Kier alpha value is -2.14. The van der Waals surface area contributed by atoms with Gasteiger partial charge in [-0.2, -0.15) is 0 Å². The summed E-state index contributed by atoms with van der Waals surface area (Å²) in [6, 6.07) is 10.2. The molecule has 128 valence electrons. The lowest BCUT2D eigenvalue weighted by molar-refractivity contribution is 0.0978. The van der Waals surface area contributed by atoms with E-state index < -0.39 is 0 Å². The zero-order valence-corrected chi connectivity index (χ0v) is 16.0. The number of fused-ring (bicyclic) bond motifs is 2. The molecule has 1 aliphatic rings. The van der Waals surface area contributed by atoms with Gasteiger partial charge in [-0.3, -0.25) is 9.20 Å². The van der Waals surface area contributed by atoms with Gasteiger partial charge in [-0.05, 0) is 65.4 Å².